The van der Waals surface area contributed by atoms with Gasteiger partial charge in [0.15, 0.2) is 10.8 Å². The number of hydrogen-bond acceptors (Lipinski definition) is 6. The van der Waals surface area contributed by atoms with Gasteiger partial charge in [0, 0.05) is 17.0 Å². The van der Waals surface area contributed by atoms with E-state index in [9.17, 15) is 4.79 Å². The Kier molecular flexibility index (Phi) is 5.45. The summed E-state index contributed by atoms with van der Waals surface area (Å²) in [6.07, 6.45) is 4.08. The maximum atomic E-state index is 12.3. The molecule has 0 aliphatic carbocycles. The second kappa shape index (κ2) is 8.41. The van der Waals surface area contributed by atoms with E-state index in [0.29, 0.717) is 5.04 Å². The van der Waals surface area contributed by atoms with E-state index in [2.05, 4.69) is 22.0 Å². The first kappa shape index (κ1) is 20.7. The van der Waals surface area contributed by atoms with Crippen molar-refractivity contribution in [3.05, 3.63) is 107 Å². The number of nitrogens with zero attached hydrogens (tertiary/aromatic N) is 4. The number of hydrogen-bond donors (Lipinski definition) is 0. The number of anilines is 2. The summed E-state index contributed by atoms with van der Waals surface area (Å²) in [6, 6.07) is 27.9. The number of allylic oxidation sites excluding steroid dienone is 1. The fourth-order valence-electron chi connectivity index (χ4n) is 3.62. The van der Waals surface area contributed by atoms with Crippen LogP contribution < -0.4 is 10.0 Å². The van der Waals surface area contributed by atoms with Gasteiger partial charge in [-0.2, -0.15) is 10.2 Å². The molecule has 2 aliphatic heterocycles. The Morgan fingerprint density at radius 1 is 0.844 bits per heavy atom. The molecule has 7 heteroatoms. The number of carbonyl (C=O) groups is 1. The van der Waals surface area contributed by atoms with Gasteiger partial charge in [-0.15, -0.1) is 0 Å². The van der Waals surface area contributed by atoms with E-state index in [-0.39, 0.29) is 5.78 Å². The van der Waals surface area contributed by atoms with Gasteiger partial charge in [0.25, 0.3) is 0 Å². The predicted octanol–water partition coefficient (Wildman–Crippen LogP) is 6.04. The van der Waals surface area contributed by atoms with Crippen LogP contribution in [-0.2, 0) is 4.79 Å². The molecule has 3 aromatic rings. The van der Waals surface area contributed by atoms with E-state index in [1.807, 2.05) is 101 Å². The first-order chi connectivity index (χ1) is 15.6. The number of carbonyl (C=O) groups excluding carboxylic acids is 1. The molecule has 0 amide bonds. The minimum atomic E-state index is -0.845. The molecule has 158 valence electrons. The Hall–Kier alpha value is -3.16. The van der Waals surface area contributed by atoms with Gasteiger partial charge in [-0.3, -0.25) is 4.79 Å². The van der Waals surface area contributed by atoms with Crippen molar-refractivity contribution in [2.75, 3.05) is 10.0 Å². The molecule has 5 rings (SSSR count). The van der Waals surface area contributed by atoms with E-state index in [1.54, 1.807) is 6.92 Å². The van der Waals surface area contributed by atoms with Crippen LogP contribution >= 0.6 is 27.7 Å². The Morgan fingerprint density at radius 2 is 1.41 bits per heavy atom. The number of thioether (sulfide) groups is 1. The SMILES string of the molecule is CC(=O)C1=NN(c2ccccc2)[C@]2(C=CC(c3ccc(Br)cc3)=NN2c2ccccc2)S1. The van der Waals surface area contributed by atoms with Gasteiger partial charge in [-0.1, -0.05) is 64.5 Å². The molecule has 3 aromatic carbocycles. The molecule has 1 atom stereocenters. The van der Waals surface area contributed by atoms with Gasteiger partial charge in [0.05, 0.1) is 17.1 Å². The zero-order chi connectivity index (χ0) is 22.1. The third kappa shape index (κ3) is 3.67. The highest BCUT2D eigenvalue weighted by molar-refractivity contribution is 9.10. The Bertz CT molecular complexity index is 1240. The van der Waals surface area contributed by atoms with Gasteiger partial charge in [0.2, 0.25) is 4.99 Å². The maximum Gasteiger partial charge on any atom is 0.227 e. The monoisotopic (exact) mass is 502 g/mol. The molecule has 5 nitrogen and oxygen atoms in total. The highest BCUT2D eigenvalue weighted by Crippen LogP contribution is 2.47. The van der Waals surface area contributed by atoms with Crippen LogP contribution in [0.3, 0.4) is 0 Å². The Balaban J connectivity index is 1.67. The molecular formula is C25H19BrN4OS. The van der Waals surface area contributed by atoms with Crippen LogP contribution in [0.4, 0.5) is 11.4 Å². The van der Waals surface area contributed by atoms with Crippen LogP contribution in [0.1, 0.15) is 12.5 Å². The Morgan fingerprint density at radius 3 is 1.97 bits per heavy atom. The van der Waals surface area contributed by atoms with Crippen molar-refractivity contribution in [1.29, 1.82) is 0 Å². The number of para-hydroxylation sites is 2. The van der Waals surface area contributed by atoms with Crippen molar-refractivity contribution in [3.8, 4) is 0 Å². The number of ketones is 1. The summed E-state index contributed by atoms with van der Waals surface area (Å²) in [5.74, 6) is -0.0723. The lowest BCUT2D eigenvalue weighted by molar-refractivity contribution is -0.110. The van der Waals surface area contributed by atoms with Gasteiger partial charge >= 0.3 is 0 Å². The molecule has 0 saturated heterocycles. The van der Waals surface area contributed by atoms with Crippen molar-refractivity contribution < 1.29 is 4.79 Å². The lowest BCUT2D eigenvalue weighted by Gasteiger charge is -2.43. The zero-order valence-corrected chi connectivity index (χ0v) is 19.6. The summed E-state index contributed by atoms with van der Waals surface area (Å²) in [7, 11) is 0. The summed E-state index contributed by atoms with van der Waals surface area (Å²) in [5.41, 5.74) is 3.61. The van der Waals surface area contributed by atoms with Crippen LogP contribution in [-0.4, -0.2) is 21.5 Å². The highest BCUT2D eigenvalue weighted by atomic mass is 79.9. The van der Waals surface area contributed by atoms with Crippen LogP contribution in [0.2, 0.25) is 0 Å². The van der Waals surface area contributed by atoms with E-state index in [1.165, 1.54) is 11.8 Å². The lowest BCUT2D eigenvalue weighted by Crippen LogP contribution is -2.53. The molecule has 0 radical (unpaired) electrons. The molecule has 0 aromatic heterocycles. The highest BCUT2D eigenvalue weighted by Gasteiger charge is 2.50. The van der Waals surface area contributed by atoms with Crippen LogP contribution in [0.15, 0.2) is 112 Å². The number of hydrazone groups is 2. The Labute approximate surface area is 199 Å². The molecule has 2 heterocycles. The molecule has 0 fully saturated rings. The predicted molar refractivity (Wildman–Crippen MR) is 136 cm³/mol. The topological polar surface area (TPSA) is 48.3 Å². The summed E-state index contributed by atoms with van der Waals surface area (Å²) in [6.45, 7) is 1.55. The largest absolute Gasteiger partial charge is 0.292 e. The number of benzene rings is 3. The minimum Gasteiger partial charge on any atom is -0.292 e. The fraction of sp³-hybridized carbons (Fsp3) is 0.0800. The van der Waals surface area contributed by atoms with E-state index in [0.717, 1.165) is 27.1 Å². The molecule has 0 saturated carbocycles. The standard InChI is InChI=1S/C25H19BrN4OS/c1-18(31)24-28-30(22-10-6-3-7-11-22)25(32-24)17-16-23(19-12-14-20(26)15-13-19)27-29(25)21-8-4-2-5-9-21/h2-17H,1H3/t25-/m1/s1. The van der Waals surface area contributed by atoms with Crippen molar-refractivity contribution in [2.24, 2.45) is 10.2 Å². The first-order valence-corrected chi connectivity index (χ1v) is 11.7. The summed E-state index contributed by atoms with van der Waals surface area (Å²) < 4.78 is 1.01. The smallest absolute Gasteiger partial charge is 0.227 e. The molecule has 0 bridgehead atoms. The summed E-state index contributed by atoms with van der Waals surface area (Å²) in [5, 5.41) is 14.0. The van der Waals surface area contributed by atoms with Gasteiger partial charge in [-0.05, 0) is 60.3 Å². The lowest BCUT2D eigenvalue weighted by atomic mass is 10.1. The maximum absolute atomic E-state index is 12.3. The first-order valence-electron chi connectivity index (χ1n) is 10.1. The van der Waals surface area contributed by atoms with E-state index < -0.39 is 4.99 Å². The van der Waals surface area contributed by atoms with Crippen LogP contribution in [0.5, 0.6) is 0 Å². The van der Waals surface area contributed by atoms with E-state index in [4.69, 9.17) is 10.2 Å². The third-order valence-electron chi connectivity index (χ3n) is 5.15. The van der Waals surface area contributed by atoms with Gasteiger partial charge in [0.1, 0.15) is 0 Å². The molecule has 2 aliphatic rings. The number of halogens is 1. The molecule has 1 spiro atoms. The third-order valence-corrected chi connectivity index (χ3v) is 7.03. The normalized spacial score (nSPS) is 19.8. The average molecular weight is 503 g/mol. The average Bonchev–Trinajstić information content (AvgIpc) is 3.21. The van der Waals surface area contributed by atoms with Crippen molar-refractivity contribution in [3.63, 3.8) is 0 Å². The molecular weight excluding hydrogens is 484 g/mol. The van der Waals surface area contributed by atoms with Gasteiger partial charge in [-0.25, -0.2) is 10.0 Å². The summed E-state index contributed by atoms with van der Waals surface area (Å²) in [4.78, 5) is 11.5. The molecule has 32 heavy (non-hydrogen) atoms. The zero-order valence-electron chi connectivity index (χ0n) is 17.2. The van der Waals surface area contributed by atoms with Crippen LogP contribution in [0.25, 0.3) is 0 Å². The summed E-state index contributed by atoms with van der Waals surface area (Å²) >= 11 is 4.89. The van der Waals surface area contributed by atoms with Crippen molar-refractivity contribution in [2.45, 2.75) is 11.9 Å². The van der Waals surface area contributed by atoms with Crippen molar-refractivity contribution in [1.82, 2.24) is 0 Å². The fourth-order valence-corrected chi connectivity index (χ4v) is 5.03. The quantitative estimate of drug-likeness (QED) is 0.436. The second-order valence-corrected chi connectivity index (χ2v) is 9.45. The molecule has 0 N–H and O–H groups in total. The number of rotatable bonds is 4. The van der Waals surface area contributed by atoms with Crippen LogP contribution in [0, 0.1) is 0 Å². The van der Waals surface area contributed by atoms with E-state index >= 15 is 0 Å². The number of Topliss-reactive ketones (excluding diaryl/α,β-unsaturated/α-hetero) is 1. The minimum absolute atomic E-state index is 0.0723. The molecule has 0 unspecified atom stereocenters. The van der Waals surface area contributed by atoms with Crippen molar-refractivity contribution >= 4 is 55.6 Å². The second-order valence-electron chi connectivity index (χ2n) is 7.34. The van der Waals surface area contributed by atoms with Gasteiger partial charge < -0.3 is 0 Å².